The molecule has 4 nitrogen and oxygen atoms in total. The Morgan fingerprint density at radius 1 is 1.37 bits per heavy atom. The molecule has 1 atom stereocenters. The Bertz CT molecular complexity index is 293. The zero-order valence-electron chi connectivity index (χ0n) is 12.6. The van der Waals surface area contributed by atoms with Crippen molar-refractivity contribution in [1.29, 1.82) is 0 Å². The van der Waals surface area contributed by atoms with Gasteiger partial charge in [-0.05, 0) is 31.2 Å². The van der Waals surface area contributed by atoms with Crippen molar-refractivity contribution in [3.63, 3.8) is 0 Å². The lowest BCUT2D eigenvalue weighted by Crippen LogP contribution is -2.44. The quantitative estimate of drug-likeness (QED) is 0.756. The zero-order chi connectivity index (χ0) is 13.0. The van der Waals surface area contributed by atoms with Gasteiger partial charge in [0.2, 0.25) is 0 Å². The van der Waals surface area contributed by atoms with E-state index in [9.17, 15) is 0 Å². The number of likely N-dealkylation sites (tertiary alicyclic amines) is 1. The van der Waals surface area contributed by atoms with Gasteiger partial charge in [-0.1, -0.05) is 13.8 Å². The summed E-state index contributed by atoms with van der Waals surface area (Å²) in [5, 5.41) is 3.52. The second-order valence-electron chi connectivity index (χ2n) is 6.17. The molecule has 1 saturated heterocycles. The topological polar surface area (TPSA) is 30.9 Å². The van der Waals surface area contributed by atoms with Crippen molar-refractivity contribution in [2.75, 3.05) is 46.3 Å². The molecule has 0 spiro atoms. The molecule has 2 aliphatic heterocycles. The molecule has 2 aliphatic rings. The average Bonchev–Trinajstić information content (AvgIpc) is 2.72. The summed E-state index contributed by atoms with van der Waals surface area (Å²) in [6.45, 7) is 11.5. The highest BCUT2D eigenvalue weighted by atomic mass is 127. The highest BCUT2D eigenvalue weighted by molar-refractivity contribution is 14.0. The Labute approximate surface area is 135 Å². The van der Waals surface area contributed by atoms with Gasteiger partial charge < -0.3 is 15.1 Å². The number of guanidine groups is 1. The number of piperidine rings is 1. The summed E-state index contributed by atoms with van der Waals surface area (Å²) in [5.41, 5.74) is 0. The van der Waals surface area contributed by atoms with Crippen molar-refractivity contribution in [3.8, 4) is 0 Å². The molecule has 19 heavy (non-hydrogen) atoms. The molecular weight excluding hydrogens is 351 g/mol. The Morgan fingerprint density at radius 3 is 2.79 bits per heavy atom. The van der Waals surface area contributed by atoms with E-state index in [4.69, 9.17) is 0 Å². The van der Waals surface area contributed by atoms with Gasteiger partial charge in [-0.25, -0.2) is 0 Å². The molecule has 2 rings (SSSR count). The van der Waals surface area contributed by atoms with E-state index >= 15 is 0 Å². The van der Waals surface area contributed by atoms with Gasteiger partial charge in [0.1, 0.15) is 0 Å². The highest BCUT2D eigenvalue weighted by Crippen LogP contribution is 2.17. The van der Waals surface area contributed by atoms with Gasteiger partial charge in [-0.15, -0.1) is 24.0 Å². The second-order valence-corrected chi connectivity index (χ2v) is 6.17. The van der Waals surface area contributed by atoms with Gasteiger partial charge in [0.05, 0.1) is 6.54 Å². The number of hydrogen-bond donors (Lipinski definition) is 1. The van der Waals surface area contributed by atoms with Crippen molar-refractivity contribution in [2.45, 2.75) is 26.7 Å². The van der Waals surface area contributed by atoms with Gasteiger partial charge in [0, 0.05) is 33.2 Å². The first-order valence-corrected chi connectivity index (χ1v) is 7.37. The summed E-state index contributed by atoms with van der Waals surface area (Å²) < 4.78 is 0. The smallest absolute Gasteiger partial charge is 0.193 e. The number of rotatable bonds is 4. The lowest BCUT2D eigenvalue weighted by molar-refractivity contribution is 0.159. The maximum Gasteiger partial charge on any atom is 0.193 e. The van der Waals surface area contributed by atoms with Crippen molar-refractivity contribution in [1.82, 2.24) is 15.1 Å². The molecule has 0 aliphatic carbocycles. The van der Waals surface area contributed by atoms with Crippen LogP contribution in [0.15, 0.2) is 4.99 Å². The van der Waals surface area contributed by atoms with Crippen molar-refractivity contribution >= 4 is 29.9 Å². The van der Waals surface area contributed by atoms with Crippen LogP contribution >= 0.6 is 24.0 Å². The number of nitrogens with zero attached hydrogens (tertiary/aromatic N) is 3. The van der Waals surface area contributed by atoms with Crippen LogP contribution < -0.4 is 5.32 Å². The van der Waals surface area contributed by atoms with E-state index in [0.717, 1.165) is 37.4 Å². The Hall–Kier alpha value is -0.0400. The van der Waals surface area contributed by atoms with Crippen molar-refractivity contribution < 1.29 is 0 Å². The fraction of sp³-hybridized carbons (Fsp3) is 0.929. The predicted molar refractivity (Wildman–Crippen MR) is 92.4 cm³/mol. The van der Waals surface area contributed by atoms with Crippen molar-refractivity contribution in [3.05, 3.63) is 0 Å². The molecule has 2 heterocycles. The van der Waals surface area contributed by atoms with Crippen LogP contribution in [0.1, 0.15) is 26.7 Å². The maximum atomic E-state index is 4.49. The van der Waals surface area contributed by atoms with Gasteiger partial charge >= 0.3 is 0 Å². The van der Waals surface area contributed by atoms with E-state index in [1.165, 1.54) is 32.5 Å². The molecule has 0 aromatic rings. The SMILES string of the molecule is CC(C)CN1CCCC(CNC2=NCCN2C)C1.I. The van der Waals surface area contributed by atoms with E-state index in [0.29, 0.717) is 0 Å². The van der Waals surface area contributed by atoms with Crippen molar-refractivity contribution in [2.24, 2.45) is 16.8 Å². The minimum Gasteiger partial charge on any atom is -0.356 e. The first-order chi connectivity index (χ1) is 8.65. The van der Waals surface area contributed by atoms with E-state index in [2.05, 4.69) is 41.0 Å². The molecule has 1 N–H and O–H groups in total. The first-order valence-electron chi connectivity index (χ1n) is 7.37. The molecule has 5 heteroatoms. The van der Waals surface area contributed by atoms with Crippen LogP contribution in [0.4, 0.5) is 0 Å². The molecular formula is C14H29IN4. The Morgan fingerprint density at radius 2 is 2.16 bits per heavy atom. The Balaban J connectivity index is 0.00000180. The normalized spacial score (nSPS) is 24.3. The van der Waals surface area contributed by atoms with E-state index in [-0.39, 0.29) is 24.0 Å². The zero-order valence-corrected chi connectivity index (χ0v) is 14.9. The molecule has 0 amide bonds. The van der Waals surface area contributed by atoms with Crippen LogP contribution in [0.5, 0.6) is 0 Å². The summed E-state index contributed by atoms with van der Waals surface area (Å²) >= 11 is 0. The molecule has 0 radical (unpaired) electrons. The molecule has 0 saturated carbocycles. The lowest BCUT2D eigenvalue weighted by Gasteiger charge is -2.34. The maximum absolute atomic E-state index is 4.49. The third-order valence-electron chi connectivity index (χ3n) is 3.83. The number of nitrogens with one attached hydrogen (secondary N) is 1. The van der Waals surface area contributed by atoms with E-state index in [1.807, 2.05) is 0 Å². The van der Waals surface area contributed by atoms with Gasteiger partial charge in [0.15, 0.2) is 5.96 Å². The number of likely N-dealkylation sites (N-methyl/N-ethyl adjacent to an activating group) is 1. The summed E-state index contributed by atoms with van der Waals surface area (Å²) in [5.74, 6) is 2.66. The largest absolute Gasteiger partial charge is 0.356 e. The molecule has 112 valence electrons. The molecule has 0 bridgehead atoms. The average molecular weight is 380 g/mol. The number of halogens is 1. The molecule has 1 unspecified atom stereocenters. The standard InChI is InChI=1S/C14H28N4.HI/c1-12(2)10-18-7-4-5-13(11-18)9-16-14-15-6-8-17(14)3;/h12-13H,4-11H2,1-3H3,(H,15,16);1H. The number of hydrogen-bond acceptors (Lipinski definition) is 4. The first kappa shape index (κ1) is 17.0. The van der Waals surface area contributed by atoms with Gasteiger partial charge in [-0.3, -0.25) is 4.99 Å². The summed E-state index contributed by atoms with van der Waals surface area (Å²) in [6, 6.07) is 0. The summed E-state index contributed by atoms with van der Waals surface area (Å²) in [7, 11) is 2.12. The summed E-state index contributed by atoms with van der Waals surface area (Å²) in [4.78, 5) is 9.33. The van der Waals surface area contributed by atoms with Crippen LogP contribution in [-0.2, 0) is 0 Å². The van der Waals surface area contributed by atoms with E-state index in [1.54, 1.807) is 0 Å². The second kappa shape index (κ2) is 8.29. The van der Waals surface area contributed by atoms with Crippen LogP contribution in [0, 0.1) is 11.8 Å². The predicted octanol–water partition coefficient (Wildman–Crippen LogP) is 1.86. The third-order valence-corrected chi connectivity index (χ3v) is 3.83. The van der Waals surface area contributed by atoms with Crippen LogP contribution in [-0.4, -0.2) is 62.1 Å². The molecule has 0 aromatic carbocycles. The fourth-order valence-corrected chi connectivity index (χ4v) is 2.96. The summed E-state index contributed by atoms with van der Waals surface area (Å²) in [6.07, 6.45) is 2.71. The third kappa shape index (κ3) is 5.45. The monoisotopic (exact) mass is 380 g/mol. The lowest BCUT2D eigenvalue weighted by atomic mass is 9.97. The van der Waals surface area contributed by atoms with Gasteiger partial charge in [0.25, 0.3) is 0 Å². The number of aliphatic imine (C=N–C) groups is 1. The minimum atomic E-state index is 0. The molecule has 1 fully saturated rings. The molecule has 0 aromatic heterocycles. The van der Waals surface area contributed by atoms with E-state index < -0.39 is 0 Å². The van der Waals surface area contributed by atoms with Crippen LogP contribution in [0.3, 0.4) is 0 Å². The fourth-order valence-electron chi connectivity index (χ4n) is 2.96. The highest BCUT2D eigenvalue weighted by Gasteiger charge is 2.21. The van der Waals surface area contributed by atoms with Gasteiger partial charge in [-0.2, -0.15) is 0 Å². The van der Waals surface area contributed by atoms with Crippen LogP contribution in [0.25, 0.3) is 0 Å². The minimum absolute atomic E-state index is 0. The van der Waals surface area contributed by atoms with Crippen LogP contribution in [0.2, 0.25) is 0 Å². The Kier molecular flexibility index (Phi) is 7.42.